The van der Waals surface area contributed by atoms with Crippen molar-refractivity contribution in [1.29, 1.82) is 0 Å². The van der Waals surface area contributed by atoms with Crippen molar-refractivity contribution in [3.63, 3.8) is 0 Å². The molecule has 0 unspecified atom stereocenters. The van der Waals surface area contributed by atoms with Gasteiger partial charge >= 0.3 is 0 Å². The Morgan fingerprint density at radius 3 is 2.00 bits per heavy atom. The van der Waals surface area contributed by atoms with Crippen molar-refractivity contribution in [3.05, 3.63) is 60.2 Å². The summed E-state index contributed by atoms with van der Waals surface area (Å²) in [4.78, 5) is 2.40. The Hall–Kier alpha value is -1.57. The lowest BCUT2D eigenvalue weighted by atomic mass is 9.96. The molecular weight excluding hydrogens is 278 g/mol. The number of alkyl halides is 1. The smallest absolute Gasteiger partial charge is 0.0351 e. The summed E-state index contributed by atoms with van der Waals surface area (Å²) >= 11 is 5.94. The van der Waals surface area contributed by atoms with Crippen molar-refractivity contribution in [2.45, 2.75) is 13.5 Å². The molecule has 3 rings (SSSR count). The van der Waals surface area contributed by atoms with Gasteiger partial charge in [-0.2, -0.15) is 0 Å². The summed E-state index contributed by atoms with van der Waals surface area (Å²) in [5.41, 5.74) is 1.41. The van der Waals surface area contributed by atoms with Crippen molar-refractivity contribution >= 4 is 33.1 Å². The number of nitrogens with zero attached hydrogens (tertiary/aromatic N) is 1. The van der Waals surface area contributed by atoms with Gasteiger partial charge in [-0.1, -0.05) is 55.5 Å². The number of rotatable bonds is 5. The summed E-state index contributed by atoms with van der Waals surface area (Å²) in [6.07, 6.45) is 0. The van der Waals surface area contributed by atoms with Gasteiger partial charge in [-0.05, 0) is 39.7 Å². The van der Waals surface area contributed by atoms with E-state index in [0.29, 0.717) is 5.88 Å². The third-order valence-electron chi connectivity index (χ3n) is 4.11. The van der Waals surface area contributed by atoms with Crippen molar-refractivity contribution < 1.29 is 0 Å². The van der Waals surface area contributed by atoms with Gasteiger partial charge < -0.3 is 0 Å². The summed E-state index contributed by atoms with van der Waals surface area (Å²) in [5.74, 6) is 0.677. The van der Waals surface area contributed by atoms with Crippen LogP contribution in [0.25, 0.3) is 21.5 Å². The molecule has 0 fully saturated rings. The first-order chi connectivity index (χ1) is 10.3. The quantitative estimate of drug-likeness (QED) is 0.470. The Balaban J connectivity index is 2.19. The zero-order valence-corrected chi connectivity index (χ0v) is 13.1. The summed E-state index contributed by atoms with van der Waals surface area (Å²) in [6.45, 7) is 5.09. The van der Waals surface area contributed by atoms with Crippen molar-refractivity contribution in [1.82, 2.24) is 4.90 Å². The van der Waals surface area contributed by atoms with Gasteiger partial charge in [0.1, 0.15) is 0 Å². The highest BCUT2D eigenvalue weighted by Crippen LogP contribution is 2.29. The molecule has 0 aliphatic heterocycles. The molecule has 3 aromatic rings. The fraction of sp³-hybridized carbons (Fsp3) is 0.263. The van der Waals surface area contributed by atoms with Crippen LogP contribution in [0.4, 0.5) is 0 Å². The van der Waals surface area contributed by atoms with Crippen LogP contribution in [0.5, 0.6) is 0 Å². The van der Waals surface area contributed by atoms with E-state index in [0.717, 1.165) is 19.6 Å². The van der Waals surface area contributed by atoms with Crippen molar-refractivity contribution in [2.24, 2.45) is 0 Å². The SMILES string of the molecule is CCN(CCCl)Cc1c2ccccc2cc2ccccc12. The number of hydrogen-bond acceptors (Lipinski definition) is 1. The molecule has 0 saturated heterocycles. The second kappa shape index (κ2) is 6.46. The molecule has 0 N–H and O–H groups in total. The Bertz CT molecular complexity index is 697. The summed E-state index contributed by atoms with van der Waals surface area (Å²) in [5, 5.41) is 5.33. The molecule has 0 atom stereocenters. The zero-order chi connectivity index (χ0) is 14.7. The molecule has 3 aromatic carbocycles. The molecule has 0 aliphatic rings. The molecule has 0 aliphatic carbocycles. The molecule has 1 nitrogen and oxygen atoms in total. The molecule has 0 heterocycles. The Morgan fingerprint density at radius 1 is 0.905 bits per heavy atom. The van der Waals surface area contributed by atoms with Gasteiger partial charge in [-0.15, -0.1) is 11.6 Å². The van der Waals surface area contributed by atoms with Crippen LogP contribution in [-0.4, -0.2) is 23.9 Å². The van der Waals surface area contributed by atoms with E-state index >= 15 is 0 Å². The average Bonchev–Trinajstić information content (AvgIpc) is 2.53. The number of fused-ring (bicyclic) bond motifs is 2. The van der Waals surface area contributed by atoms with E-state index in [4.69, 9.17) is 11.6 Å². The minimum absolute atomic E-state index is 0.677. The Morgan fingerprint density at radius 2 is 1.48 bits per heavy atom. The fourth-order valence-corrected chi connectivity index (χ4v) is 3.21. The number of halogens is 1. The number of hydrogen-bond donors (Lipinski definition) is 0. The second-order valence-corrected chi connectivity index (χ2v) is 5.73. The summed E-state index contributed by atoms with van der Waals surface area (Å²) in [7, 11) is 0. The third-order valence-corrected chi connectivity index (χ3v) is 4.28. The molecule has 0 saturated carbocycles. The van der Waals surface area contributed by atoms with Crippen LogP contribution in [0.3, 0.4) is 0 Å². The van der Waals surface area contributed by atoms with Crippen LogP contribution in [0.1, 0.15) is 12.5 Å². The van der Waals surface area contributed by atoms with Crippen LogP contribution < -0.4 is 0 Å². The van der Waals surface area contributed by atoms with E-state index in [2.05, 4.69) is 66.4 Å². The molecule has 0 radical (unpaired) electrons. The largest absolute Gasteiger partial charge is 0.298 e. The van der Waals surface area contributed by atoms with Gasteiger partial charge in [0.2, 0.25) is 0 Å². The van der Waals surface area contributed by atoms with Gasteiger partial charge in [0, 0.05) is 19.0 Å². The standard InChI is InChI=1S/C19H20ClN/c1-2-21(12-11-20)14-19-17-9-5-3-7-15(17)13-16-8-4-6-10-18(16)19/h3-10,13H,2,11-12,14H2,1H3. The van der Waals surface area contributed by atoms with Gasteiger partial charge in [0.15, 0.2) is 0 Å². The Kier molecular flexibility index (Phi) is 4.42. The molecule has 2 heteroatoms. The molecule has 108 valence electrons. The molecule has 21 heavy (non-hydrogen) atoms. The van der Waals surface area contributed by atoms with Gasteiger partial charge in [0.05, 0.1) is 0 Å². The fourth-order valence-electron chi connectivity index (χ4n) is 2.97. The van der Waals surface area contributed by atoms with Gasteiger partial charge in [-0.25, -0.2) is 0 Å². The van der Waals surface area contributed by atoms with Crippen LogP contribution in [0, 0.1) is 0 Å². The van der Waals surface area contributed by atoms with E-state index in [1.165, 1.54) is 27.1 Å². The maximum Gasteiger partial charge on any atom is 0.0351 e. The van der Waals surface area contributed by atoms with Crippen LogP contribution in [-0.2, 0) is 6.54 Å². The highest BCUT2D eigenvalue weighted by Gasteiger charge is 2.10. The minimum Gasteiger partial charge on any atom is -0.298 e. The normalized spacial score (nSPS) is 11.6. The Labute approximate surface area is 131 Å². The molecular formula is C19H20ClN. The van der Waals surface area contributed by atoms with E-state index in [1.54, 1.807) is 0 Å². The zero-order valence-electron chi connectivity index (χ0n) is 12.3. The molecule has 0 amide bonds. The third kappa shape index (κ3) is 2.90. The molecule has 0 bridgehead atoms. The first kappa shape index (κ1) is 14.4. The topological polar surface area (TPSA) is 3.24 Å². The number of benzene rings is 3. The predicted octanol–water partition coefficient (Wildman–Crippen LogP) is 5.05. The monoisotopic (exact) mass is 297 g/mol. The highest BCUT2D eigenvalue weighted by atomic mass is 35.5. The lowest BCUT2D eigenvalue weighted by Gasteiger charge is -2.21. The first-order valence-corrected chi connectivity index (χ1v) is 8.04. The predicted molar refractivity (Wildman–Crippen MR) is 93.1 cm³/mol. The van der Waals surface area contributed by atoms with Crippen LogP contribution in [0.15, 0.2) is 54.6 Å². The lowest BCUT2D eigenvalue weighted by Crippen LogP contribution is -2.25. The molecule has 0 aromatic heterocycles. The second-order valence-electron chi connectivity index (χ2n) is 5.36. The first-order valence-electron chi connectivity index (χ1n) is 7.51. The maximum absolute atomic E-state index is 5.94. The molecule has 0 spiro atoms. The van der Waals surface area contributed by atoms with E-state index < -0.39 is 0 Å². The summed E-state index contributed by atoms with van der Waals surface area (Å²) < 4.78 is 0. The average molecular weight is 298 g/mol. The van der Waals surface area contributed by atoms with Crippen molar-refractivity contribution in [3.8, 4) is 0 Å². The van der Waals surface area contributed by atoms with Crippen LogP contribution in [0.2, 0.25) is 0 Å². The van der Waals surface area contributed by atoms with Gasteiger partial charge in [-0.3, -0.25) is 4.90 Å². The van der Waals surface area contributed by atoms with Gasteiger partial charge in [0.25, 0.3) is 0 Å². The lowest BCUT2D eigenvalue weighted by molar-refractivity contribution is 0.300. The van der Waals surface area contributed by atoms with E-state index in [-0.39, 0.29) is 0 Å². The summed E-state index contributed by atoms with van der Waals surface area (Å²) in [6, 6.07) is 19.6. The van der Waals surface area contributed by atoms with E-state index in [9.17, 15) is 0 Å². The van der Waals surface area contributed by atoms with Crippen LogP contribution >= 0.6 is 11.6 Å². The minimum atomic E-state index is 0.677. The highest BCUT2D eigenvalue weighted by molar-refractivity contribution is 6.18. The maximum atomic E-state index is 5.94. The van der Waals surface area contributed by atoms with E-state index in [1.807, 2.05) is 0 Å². The van der Waals surface area contributed by atoms with Crippen molar-refractivity contribution in [2.75, 3.05) is 19.0 Å².